The molecule has 4 aromatic carbocycles. The predicted octanol–water partition coefficient (Wildman–Crippen LogP) is 4.25. The van der Waals surface area contributed by atoms with E-state index in [1.54, 1.807) is 72.8 Å². The number of hydrogen-bond donors (Lipinski definition) is 1. The Morgan fingerprint density at radius 2 is 0.979 bits per heavy atom. The molecule has 0 amide bonds. The highest BCUT2D eigenvalue weighted by Gasteiger charge is 2.61. The lowest BCUT2D eigenvalue weighted by molar-refractivity contribution is -0.362. The molecule has 47 heavy (non-hydrogen) atoms. The van der Waals surface area contributed by atoms with Gasteiger partial charge in [0.15, 0.2) is 18.3 Å². The molecular weight excluding hydrogens is 608 g/mol. The summed E-state index contributed by atoms with van der Waals surface area (Å²) < 4.78 is 35.3. The molecule has 1 unspecified atom stereocenters. The summed E-state index contributed by atoms with van der Waals surface area (Å²) in [4.78, 5) is 53.4. The van der Waals surface area contributed by atoms with Crippen LogP contribution >= 0.6 is 0 Å². The first-order chi connectivity index (χ1) is 22.8. The van der Waals surface area contributed by atoms with Gasteiger partial charge < -0.3 is 33.5 Å². The van der Waals surface area contributed by atoms with Crippen molar-refractivity contribution in [1.82, 2.24) is 0 Å². The van der Waals surface area contributed by atoms with Crippen LogP contribution in [0.4, 0.5) is 0 Å². The lowest BCUT2D eigenvalue weighted by Gasteiger charge is -2.49. The molecule has 0 radical (unpaired) electrons. The van der Waals surface area contributed by atoms with Crippen LogP contribution < -0.4 is 0 Å². The monoisotopic (exact) mass is 640 g/mol. The molecule has 0 spiro atoms. The molecule has 1 heterocycles. The zero-order chi connectivity index (χ0) is 33.2. The molecule has 1 aliphatic heterocycles. The molecule has 5 atom stereocenters. The van der Waals surface area contributed by atoms with Gasteiger partial charge in [0, 0.05) is 7.11 Å². The van der Waals surface area contributed by atoms with Crippen molar-refractivity contribution >= 4 is 23.9 Å². The minimum Gasteiger partial charge on any atom is -0.456 e. The molecular formula is C36H32O11. The Labute approximate surface area is 270 Å². The van der Waals surface area contributed by atoms with Crippen molar-refractivity contribution in [2.24, 2.45) is 0 Å². The van der Waals surface area contributed by atoms with Crippen LogP contribution in [0.15, 0.2) is 121 Å². The summed E-state index contributed by atoms with van der Waals surface area (Å²) in [5.41, 5.74) is 0.650. The zero-order valence-corrected chi connectivity index (χ0v) is 25.3. The van der Waals surface area contributed by atoms with Crippen molar-refractivity contribution in [3.05, 3.63) is 144 Å². The molecule has 0 saturated carbocycles. The van der Waals surface area contributed by atoms with Crippen molar-refractivity contribution in [3.63, 3.8) is 0 Å². The standard InChI is InChI=1S/C36H32O11/c1-42-36(23-43-32(38)24-14-6-2-7-15-24)31(46-35(41)27-20-12-5-13-21-27)30(45-34(40)26-18-10-4-11-19-26)29(28(22-37)47-36)44-33(39)25-16-8-3-9-17-25/h2-21,28-31,37H,22-23H2,1H3/t28-,29+,30-,31+,36?/m1/s1. The molecule has 242 valence electrons. The Hall–Kier alpha value is -5.36. The second-order valence-corrected chi connectivity index (χ2v) is 10.5. The quantitative estimate of drug-likeness (QED) is 0.186. The minimum absolute atomic E-state index is 0.133. The average Bonchev–Trinajstić information content (AvgIpc) is 3.13. The van der Waals surface area contributed by atoms with E-state index < -0.39 is 67.3 Å². The van der Waals surface area contributed by atoms with Crippen molar-refractivity contribution in [2.45, 2.75) is 30.2 Å². The molecule has 0 bridgehead atoms. The third kappa shape index (κ3) is 7.72. The number of carbonyl (C=O) groups excluding carboxylic acids is 4. The van der Waals surface area contributed by atoms with Crippen LogP contribution in [-0.2, 0) is 28.4 Å². The van der Waals surface area contributed by atoms with Crippen molar-refractivity contribution in [1.29, 1.82) is 0 Å². The molecule has 11 nitrogen and oxygen atoms in total. The smallest absolute Gasteiger partial charge is 0.338 e. The number of esters is 4. The number of ether oxygens (including phenoxy) is 6. The largest absolute Gasteiger partial charge is 0.456 e. The van der Waals surface area contributed by atoms with E-state index in [0.29, 0.717) is 0 Å². The molecule has 1 saturated heterocycles. The summed E-state index contributed by atoms with van der Waals surface area (Å²) in [7, 11) is 1.21. The van der Waals surface area contributed by atoms with Gasteiger partial charge in [0.1, 0.15) is 12.7 Å². The molecule has 11 heteroatoms. The fraction of sp³-hybridized carbons (Fsp3) is 0.222. The third-order valence-corrected chi connectivity index (χ3v) is 7.46. The first-order valence-electron chi connectivity index (χ1n) is 14.7. The molecule has 4 aromatic rings. The Bertz CT molecular complexity index is 1650. The van der Waals surface area contributed by atoms with Gasteiger partial charge in [-0.3, -0.25) is 0 Å². The number of aliphatic hydroxyl groups excluding tert-OH is 1. The molecule has 1 fully saturated rings. The normalized spacial score (nSPS) is 22.0. The van der Waals surface area contributed by atoms with Crippen molar-refractivity contribution in [2.75, 3.05) is 20.3 Å². The van der Waals surface area contributed by atoms with E-state index in [-0.39, 0.29) is 22.3 Å². The van der Waals surface area contributed by atoms with Gasteiger partial charge in [-0.1, -0.05) is 72.8 Å². The van der Waals surface area contributed by atoms with E-state index in [4.69, 9.17) is 28.4 Å². The van der Waals surface area contributed by atoms with Gasteiger partial charge in [-0.2, -0.15) is 0 Å². The first kappa shape index (κ1) is 33.0. The van der Waals surface area contributed by atoms with E-state index in [1.807, 2.05) is 0 Å². The average molecular weight is 641 g/mol. The SMILES string of the molecule is COC1(COC(=O)c2ccccc2)O[C@H](CO)[C@H](OC(=O)c2ccccc2)[C@@H](OC(=O)c2ccccc2)[C@@H]1OC(=O)c1ccccc1. The first-order valence-corrected chi connectivity index (χ1v) is 14.7. The van der Waals surface area contributed by atoms with Crippen LogP contribution in [0.3, 0.4) is 0 Å². The van der Waals surface area contributed by atoms with Crippen LogP contribution in [0.5, 0.6) is 0 Å². The van der Waals surface area contributed by atoms with Gasteiger partial charge in [-0.25, -0.2) is 19.2 Å². The molecule has 1 N–H and O–H groups in total. The maximum Gasteiger partial charge on any atom is 0.338 e. The van der Waals surface area contributed by atoms with Gasteiger partial charge >= 0.3 is 23.9 Å². The van der Waals surface area contributed by atoms with E-state index in [9.17, 15) is 24.3 Å². The van der Waals surface area contributed by atoms with Crippen LogP contribution in [0, 0.1) is 0 Å². The van der Waals surface area contributed by atoms with E-state index in [0.717, 1.165) is 0 Å². The van der Waals surface area contributed by atoms with Gasteiger partial charge in [-0.05, 0) is 48.5 Å². The highest BCUT2D eigenvalue weighted by atomic mass is 16.8. The molecule has 0 aliphatic carbocycles. The van der Waals surface area contributed by atoms with Crippen LogP contribution in [0.1, 0.15) is 41.4 Å². The molecule has 0 aromatic heterocycles. The van der Waals surface area contributed by atoms with Gasteiger partial charge in [0.2, 0.25) is 5.79 Å². The molecule has 1 aliphatic rings. The fourth-order valence-corrected chi connectivity index (χ4v) is 5.05. The van der Waals surface area contributed by atoms with Gasteiger partial charge in [0.05, 0.1) is 28.9 Å². The summed E-state index contributed by atoms with van der Waals surface area (Å²) in [5, 5.41) is 10.5. The highest BCUT2D eigenvalue weighted by molar-refractivity contribution is 5.91. The number of benzene rings is 4. The van der Waals surface area contributed by atoms with Crippen molar-refractivity contribution in [3.8, 4) is 0 Å². The second-order valence-electron chi connectivity index (χ2n) is 10.5. The highest BCUT2D eigenvalue weighted by Crippen LogP contribution is 2.38. The van der Waals surface area contributed by atoms with Gasteiger partial charge in [0.25, 0.3) is 0 Å². The summed E-state index contributed by atoms with van der Waals surface area (Å²) in [5.74, 6) is -5.46. The van der Waals surface area contributed by atoms with E-state index >= 15 is 0 Å². The second kappa shape index (κ2) is 15.3. The Kier molecular flexibility index (Phi) is 10.7. The van der Waals surface area contributed by atoms with Gasteiger partial charge in [-0.15, -0.1) is 0 Å². The minimum atomic E-state index is -2.15. The lowest BCUT2D eigenvalue weighted by Crippen LogP contribution is -2.70. The Balaban J connectivity index is 1.57. The summed E-state index contributed by atoms with van der Waals surface area (Å²) >= 11 is 0. The van der Waals surface area contributed by atoms with Crippen LogP contribution in [-0.4, -0.2) is 79.5 Å². The molecule has 5 rings (SSSR count). The third-order valence-electron chi connectivity index (χ3n) is 7.46. The number of aliphatic hydroxyl groups is 1. The van der Waals surface area contributed by atoms with Crippen molar-refractivity contribution < 1.29 is 52.7 Å². The van der Waals surface area contributed by atoms with E-state index in [2.05, 4.69) is 0 Å². The number of carbonyl (C=O) groups is 4. The van der Waals surface area contributed by atoms with Crippen LogP contribution in [0.2, 0.25) is 0 Å². The topological polar surface area (TPSA) is 144 Å². The van der Waals surface area contributed by atoms with E-state index in [1.165, 1.54) is 55.6 Å². The number of hydrogen-bond acceptors (Lipinski definition) is 11. The summed E-state index contributed by atoms with van der Waals surface area (Å²) in [6.45, 7) is -1.44. The number of methoxy groups -OCH3 is 1. The summed E-state index contributed by atoms with van der Waals surface area (Å²) in [6.07, 6.45) is -6.27. The lowest BCUT2D eigenvalue weighted by atomic mass is 9.91. The number of rotatable bonds is 11. The Morgan fingerprint density at radius 1 is 0.596 bits per heavy atom. The Morgan fingerprint density at radius 3 is 1.38 bits per heavy atom. The fourth-order valence-electron chi connectivity index (χ4n) is 5.05. The summed E-state index contributed by atoms with van der Waals surface area (Å²) in [6, 6.07) is 32.0. The predicted molar refractivity (Wildman–Crippen MR) is 165 cm³/mol. The zero-order valence-electron chi connectivity index (χ0n) is 25.3. The van der Waals surface area contributed by atoms with Crippen LogP contribution in [0.25, 0.3) is 0 Å². The maximum absolute atomic E-state index is 13.5. The maximum atomic E-state index is 13.5.